The number of benzene rings is 1. The van der Waals surface area contributed by atoms with Crippen molar-refractivity contribution in [3.63, 3.8) is 0 Å². The third kappa shape index (κ3) is 2.60. The van der Waals surface area contributed by atoms with Crippen molar-refractivity contribution in [1.82, 2.24) is 0 Å². The van der Waals surface area contributed by atoms with Crippen molar-refractivity contribution in [3.8, 4) is 5.75 Å². The second kappa shape index (κ2) is 3.98. The highest BCUT2D eigenvalue weighted by Crippen LogP contribution is 2.10. The van der Waals surface area contributed by atoms with Gasteiger partial charge in [0.25, 0.3) is 0 Å². The van der Waals surface area contributed by atoms with Crippen LogP contribution >= 0.6 is 0 Å². The molecule has 1 aromatic rings. The van der Waals surface area contributed by atoms with Crippen molar-refractivity contribution < 1.29 is 9.47 Å². The van der Waals surface area contributed by atoms with Crippen LogP contribution in [0.15, 0.2) is 24.3 Å². The molecule has 0 aliphatic rings. The maximum absolute atomic E-state index is 5.13. The standard InChI is InChI=1S/C9H11O2/c1-8-3-5-9(6-4-8)11-7-10-2/h3-6H,2,7H2,1H3. The van der Waals surface area contributed by atoms with Crippen molar-refractivity contribution in [2.45, 2.75) is 6.92 Å². The minimum Gasteiger partial charge on any atom is -0.468 e. The van der Waals surface area contributed by atoms with Crippen LogP contribution in [0.1, 0.15) is 5.56 Å². The average Bonchev–Trinajstić information content (AvgIpc) is 2.04. The largest absolute Gasteiger partial charge is 0.468 e. The maximum atomic E-state index is 5.13. The third-order valence-electron chi connectivity index (χ3n) is 1.33. The lowest BCUT2D eigenvalue weighted by atomic mass is 10.2. The van der Waals surface area contributed by atoms with Crippen molar-refractivity contribution in [2.24, 2.45) is 0 Å². The summed E-state index contributed by atoms with van der Waals surface area (Å²) in [7, 11) is 3.19. The van der Waals surface area contributed by atoms with E-state index < -0.39 is 0 Å². The minimum atomic E-state index is 0.197. The summed E-state index contributed by atoms with van der Waals surface area (Å²) in [5.74, 6) is 0.805. The van der Waals surface area contributed by atoms with E-state index >= 15 is 0 Å². The summed E-state index contributed by atoms with van der Waals surface area (Å²) in [6.45, 7) is 2.23. The second-order valence-electron chi connectivity index (χ2n) is 2.28. The Bertz CT molecular complexity index is 203. The van der Waals surface area contributed by atoms with Crippen LogP contribution in [-0.2, 0) is 4.74 Å². The highest BCUT2D eigenvalue weighted by Gasteiger charge is 1.89. The molecule has 0 aliphatic carbocycles. The average molecular weight is 151 g/mol. The molecular formula is C9H11O2. The predicted octanol–water partition coefficient (Wildman–Crippen LogP) is 2.14. The van der Waals surface area contributed by atoms with Gasteiger partial charge in [0.15, 0.2) is 6.79 Å². The number of hydrogen-bond donors (Lipinski definition) is 0. The number of hydrogen-bond acceptors (Lipinski definition) is 2. The van der Waals surface area contributed by atoms with Crippen LogP contribution in [0.4, 0.5) is 0 Å². The topological polar surface area (TPSA) is 18.5 Å². The molecule has 0 bridgehead atoms. The van der Waals surface area contributed by atoms with E-state index in [9.17, 15) is 0 Å². The zero-order valence-electron chi connectivity index (χ0n) is 6.54. The Labute approximate surface area is 66.8 Å². The molecule has 0 spiro atoms. The summed E-state index contributed by atoms with van der Waals surface area (Å²) in [6, 6.07) is 7.76. The van der Waals surface area contributed by atoms with E-state index in [-0.39, 0.29) is 6.79 Å². The highest BCUT2D eigenvalue weighted by atomic mass is 16.7. The van der Waals surface area contributed by atoms with E-state index in [1.807, 2.05) is 31.2 Å². The van der Waals surface area contributed by atoms with Crippen molar-refractivity contribution in [3.05, 3.63) is 36.9 Å². The fraction of sp³-hybridized carbons (Fsp3) is 0.222. The Balaban J connectivity index is 2.52. The van der Waals surface area contributed by atoms with Crippen LogP contribution in [0.25, 0.3) is 0 Å². The first-order chi connectivity index (χ1) is 5.33. The zero-order chi connectivity index (χ0) is 8.10. The lowest BCUT2D eigenvalue weighted by Gasteiger charge is -2.03. The molecule has 1 rings (SSSR count). The maximum Gasteiger partial charge on any atom is 0.189 e. The van der Waals surface area contributed by atoms with Crippen LogP contribution in [0.3, 0.4) is 0 Å². The molecule has 0 saturated carbocycles. The molecule has 0 aliphatic heterocycles. The third-order valence-corrected chi connectivity index (χ3v) is 1.33. The van der Waals surface area contributed by atoms with Crippen LogP contribution < -0.4 is 4.74 Å². The molecule has 1 radical (unpaired) electrons. The minimum absolute atomic E-state index is 0.197. The lowest BCUT2D eigenvalue weighted by Crippen LogP contribution is -1.96. The van der Waals surface area contributed by atoms with Gasteiger partial charge in [-0.1, -0.05) is 17.7 Å². The van der Waals surface area contributed by atoms with E-state index in [0.717, 1.165) is 5.75 Å². The quantitative estimate of drug-likeness (QED) is 0.616. The monoisotopic (exact) mass is 151 g/mol. The van der Waals surface area contributed by atoms with Crippen LogP contribution in [0, 0.1) is 14.0 Å². The molecule has 1 aromatic carbocycles. The molecule has 2 nitrogen and oxygen atoms in total. The summed E-state index contributed by atoms with van der Waals surface area (Å²) in [6.07, 6.45) is 0. The molecule has 0 atom stereocenters. The van der Waals surface area contributed by atoms with Crippen molar-refractivity contribution in [1.29, 1.82) is 0 Å². The zero-order valence-corrected chi connectivity index (χ0v) is 6.54. The van der Waals surface area contributed by atoms with E-state index in [1.165, 1.54) is 5.56 Å². The molecule has 0 N–H and O–H groups in total. The number of aryl methyl sites for hydroxylation is 1. The molecule has 11 heavy (non-hydrogen) atoms. The molecule has 0 amide bonds. The Kier molecular flexibility index (Phi) is 2.93. The van der Waals surface area contributed by atoms with Gasteiger partial charge < -0.3 is 9.47 Å². The van der Waals surface area contributed by atoms with E-state index in [2.05, 4.69) is 11.8 Å². The summed E-state index contributed by atoms with van der Waals surface area (Å²) in [4.78, 5) is 0. The second-order valence-corrected chi connectivity index (χ2v) is 2.28. The van der Waals surface area contributed by atoms with Gasteiger partial charge in [0.2, 0.25) is 0 Å². The van der Waals surface area contributed by atoms with Crippen LogP contribution in [0.2, 0.25) is 0 Å². The van der Waals surface area contributed by atoms with E-state index in [0.29, 0.717) is 0 Å². The van der Waals surface area contributed by atoms with Crippen LogP contribution in [0.5, 0.6) is 5.75 Å². The Morgan fingerprint density at radius 2 is 1.91 bits per heavy atom. The molecule has 0 saturated heterocycles. The summed E-state index contributed by atoms with van der Waals surface area (Å²) < 4.78 is 9.63. The fourth-order valence-electron chi connectivity index (χ4n) is 0.744. The van der Waals surface area contributed by atoms with Gasteiger partial charge in [0, 0.05) is 0 Å². The van der Waals surface area contributed by atoms with Crippen molar-refractivity contribution in [2.75, 3.05) is 6.79 Å². The summed E-state index contributed by atoms with van der Waals surface area (Å²) in [5, 5.41) is 0. The van der Waals surface area contributed by atoms with Gasteiger partial charge in [0.1, 0.15) is 5.75 Å². The first kappa shape index (κ1) is 8.08. The predicted molar refractivity (Wildman–Crippen MR) is 43.1 cm³/mol. The SMILES string of the molecule is [CH2]OCOc1ccc(C)cc1. The smallest absolute Gasteiger partial charge is 0.189 e. The lowest BCUT2D eigenvalue weighted by molar-refractivity contribution is 0.0757. The molecule has 59 valence electrons. The van der Waals surface area contributed by atoms with Gasteiger partial charge in [-0.05, 0) is 19.1 Å². The fourth-order valence-corrected chi connectivity index (χ4v) is 0.744. The Morgan fingerprint density at radius 1 is 1.27 bits per heavy atom. The molecule has 0 heterocycles. The normalized spacial score (nSPS) is 9.64. The summed E-state index contributed by atoms with van der Waals surface area (Å²) >= 11 is 0. The highest BCUT2D eigenvalue weighted by molar-refractivity contribution is 5.26. The van der Waals surface area contributed by atoms with Gasteiger partial charge >= 0.3 is 0 Å². The molecular weight excluding hydrogens is 140 g/mol. The van der Waals surface area contributed by atoms with Crippen molar-refractivity contribution >= 4 is 0 Å². The number of rotatable bonds is 3. The van der Waals surface area contributed by atoms with E-state index in [4.69, 9.17) is 4.74 Å². The number of ether oxygens (including phenoxy) is 2. The van der Waals surface area contributed by atoms with Crippen LogP contribution in [-0.4, -0.2) is 6.79 Å². The molecule has 2 heteroatoms. The van der Waals surface area contributed by atoms with Gasteiger partial charge in [0.05, 0.1) is 7.11 Å². The Hall–Kier alpha value is -1.02. The first-order valence-electron chi connectivity index (χ1n) is 3.39. The van der Waals surface area contributed by atoms with Gasteiger partial charge in [-0.25, -0.2) is 0 Å². The van der Waals surface area contributed by atoms with E-state index in [1.54, 1.807) is 0 Å². The van der Waals surface area contributed by atoms with Gasteiger partial charge in [-0.3, -0.25) is 0 Å². The molecule has 0 fully saturated rings. The molecule has 0 unspecified atom stereocenters. The Morgan fingerprint density at radius 3 is 2.45 bits per heavy atom. The summed E-state index contributed by atoms with van der Waals surface area (Å²) in [5.41, 5.74) is 1.22. The molecule has 0 aromatic heterocycles. The van der Waals surface area contributed by atoms with Gasteiger partial charge in [-0.2, -0.15) is 0 Å². The first-order valence-corrected chi connectivity index (χ1v) is 3.39. The van der Waals surface area contributed by atoms with Gasteiger partial charge in [-0.15, -0.1) is 0 Å².